The Morgan fingerprint density at radius 1 is 1.17 bits per heavy atom. The first-order valence-electron chi connectivity index (χ1n) is 9.92. The number of nitrogens with one attached hydrogen (secondary N) is 2. The third-order valence-electron chi connectivity index (χ3n) is 5.50. The molecule has 0 spiro atoms. The molecule has 0 radical (unpaired) electrons. The van der Waals surface area contributed by atoms with E-state index in [0.29, 0.717) is 29.5 Å². The van der Waals surface area contributed by atoms with Gasteiger partial charge in [0.25, 0.3) is 5.91 Å². The molecule has 0 aromatic heterocycles. The topological polar surface area (TPSA) is 81.7 Å². The summed E-state index contributed by atoms with van der Waals surface area (Å²) in [6, 6.07) is 13.7. The highest BCUT2D eigenvalue weighted by Crippen LogP contribution is 2.32. The van der Waals surface area contributed by atoms with Crippen LogP contribution in [0.5, 0.6) is 0 Å². The van der Waals surface area contributed by atoms with Crippen molar-refractivity contribution in [2.45, 2.75) is 24.3 Å². The van der Waals surface area contributed by atoms with E-state index in [0.717, 1.165) is 36.4 Å². The number of carbonyl (C=O) groups excluding carboxylic acids is 2. The van der Waals surface area contributed by atoms with E-state index in [1.807, 2.05) is 18.2 Å². The summed E-state index contributed by atoms with van der Waals surface area (Å²) in [4.78, 5) is 27.4. The number of benzene rings is 2. The average molecular weight is 412 g/mol. The van der Waals surface area contributed by atoms with Crippen LogP contribution in [0.3, 0.4) is 0 Å². The van der Waals surface area contributed by atoms with Gasteiger partial charge in [0.05, 0.1) is 11.4 Å². The average Bonchev–Trinajstić information content (AvgIpc) is 2.77. The van der Waals surface area contributed by atoms with Crippen LogP contribution in [0.1, 0.15) is 28.8 Å². The van der Waals surface area contributed by atoms with Gasteiger partial charge in [-0.05, 0) is 54.7 Å². The highest BCUT2D eigenvalue weighted by molar-refractivity contribution is 8.00. The van der Waals surface area contributed by atoms with Crippen LogP contribution < -0.4 is 15.5 Å². The second kappa shape index (κ2) is 8.88. The number of anilines is 2. The standard InChI is InChI=1S/C22H25N3O3S/c26-13-16-7-9-25(10-8-16)18-4-1-15(2-5-18)12-23-22(28)17-3-6-20-19(11-17)24-21(27)14-29-20/h1-6,11,16,26H,7-10,12-14H2,(H,23,28)(H,24,27). The molecule has 2 aromatic rings. The van der Waals surface area contributed by atoms with Crippen LogP contribution in [0.4, 0.5) is 11.4 Å². The van der Waals surface area contributed by atoms with Gasteiger partial charge in [-0.3, -0.25) is 9.59 Å². The van der Waals surface area contributed by atoms with Gasteiger partial charge in [-0.2, -0.15) is 0 Å². The van der Waals surface area contributed by atoms with Crippen molar-refractivity contribution in [1.29, 1.82) is 0 Å². The Bertz CT molecular complexity index is 893. The zero-order valence-corrected chi connectivity index (χ0v) is 17.0. The Hall–Kier alpha value is -2.51. The molecule has 0 atom stereocenters. The fraction of sp³-hybridized carbons (Fsp3) is 0.364. The minimum Gasteiger partial charge on any atom is -0.396 e. The Kier molecular flexibility index (Phi) is 6.06. The van der Waals surface area contributed by atoms with Gasteiger partial charge < -0.3 is 20.6 Å². The van der Waals surface area contributed by atoms with Crippen molar-refractivity contribution in [3.8, 4) is 0 Å². The molecular weight excluding hydrogens is 386 g/mol. The number of aliphatic hydroxyl groups excluding tert-OH is 1. The van der Waals surface area contributed by atoms with E-state index < -0.39 is 0 Å². The summed E-state index contributed by atoms with van der Waals surface area (Å²) in [7, 11) is 0. The first-order chi connectivity index (χ1) is 14.1. The molecule has 29 heavy (non-hydrogen) atoms. The van der Waals surface area contributed by atoms with Gasteiger partial charge in [-0.25, -0.2) is 0 Å². The summed E-state index contributed by atoms with van der Waals surface area (Å²) in [6.45, 7) is 2.66. The molecule has 1 fully saturated rings. The first-order valence-corrected chi connectivity index (χ1v) is 10.9. The second-order valence-corrected chi connectivity index (χ2v) is 8.53. The maximum Gasteiger partial charge on any atom is 0.251 e. The molecule has 7 heteroatoms. The van der Waals surface area contributed by atoms with Crippen molar-refractivity contribution in [2.24, 2.45) is 5.92 Å². The van der Waals surface area contributed by atoms with E-state index in [4.69, 9.17) is 0 Å². The summed E-state index contributed by atoms with van der Waals surface area (Å²) in [5, 5.41) is 15.0. The number of hydrogen-bond donors (Lipinski definition) is 3. The van der Waals surface area contributed by atoms with Crippen LogP contribution in [0.25, 0.3) is 0 Å². The normalized spacial score (nSPS) is 16.9. The zero-order chi connectivity index (χ0) is 20.2. The number of piperidine rings is 1. The Labute approximate surface area is 174 Å². The van der Waals surface area contributed by atoms with Crippen LogP contribution in [0, 0.1) is 5.92 Å². The van der Waals surface area contributed by atoms with Crippen LogP contribution in [0.15, 0.2) is 47.4 Å². The molecule has 6 nitrogen and oxygen atoms in total. The number of hydrogen-bond acceptors (Lipinski definition) is 5. The van der Waals surface area contributed by atoms with Crippen LogP contribution >= 0.6 is 11.8 Å². The van der Waals surface area contributed by atoms with Gasteiger partial charge in [0.15, 0.2) is 0 Å². The molecule has 2 heterocycles. The minimum atomic E-state index is -0.159. The predicted molar refractivity (Wildman–Crippen MR) is 115 cm³/mol. The summed E-state index contributed by atoms with van der Waals surface area (Å²) < 4.78 is 0. The third kappa shape index (κ3) is 4.74. The van der Waals surface area contributed by atoms with Gasteiger partial charge in [0, 0.05) is 42.4 Å². The number of nitrogens with zero attached hydrogens (tertiary/aromatic N) is 1. The lowest BCUT2D eigenvalue weighted by Gasteiger charge is -2.33. The number of rotatable bonds is 5. The van der Waals surface area contributed by atoms with Gasteiger partial charge in [0.2, 0.25) is 5.91 Å². The van der Waals surface area contributed by atoms with Crippen molar-refractivity contribution in [3.63, 3.8) is 0 Å². The molecule has 2 aliphatic heterocycles. The maximum absolute atomic E-state index is 12.5. The highest BCUT2D eigenvalue weighted by Gasteiger charge is 2.19. The van der Waals surface area contributed by atoms with Crippen molar-refractivity contribution < 1.29 is 14.7 Å². The van der Waals surface area contributed by atoms with Gasteiger partial charge >= 0.3 is 0 Å². The van der Waals surface area contributed by atoms with Gasteiger partial charge in [-0.1, -0.05) is 12.1 Å². The first kappa shape index (κ1) is 19.8. The van der Waals surface area contributed by atoms with Gasteiger partial charge in [-0.15, -0.1) is 11.8 Å². The van der Waals surface area contributed by atoms with E-state index in [2.05, 4.69) is 27.7 Å². The Balaban J connectivity index is 1.33. The quantitative estimate of drug-likeness (QED) is 0.705. The lowest BCUT2D eigenvalue weighted by molar-refractivity contribution is -0.113. The molecule has 3 N–H and O–H groups in total. The molecule has 0 bridgehead atoms. The van der Waals surface area contributed by atoms with E-state index in [9.17, 15) is 14.7 Å². The summed E-state index contributed by atoms with van der Waals surface area (Å²) >= 11 is 1.48. The molecule has 0 saturated carbocycles. The number of thioether (sulfide) groups is 1. The van der Waals surface area contributed by atoms with Crippen molar-refractivity contribution in [1.82, 2.24) is 5.32 Å². The Morgan fingerprint density at radius 2 is 1.93 bits per heavy atom. The summed E-state index contributed by atoms with van der Waals surface area (Å²) in [5.41, 5.74) is 3.46. The molecule has 4 rings (SSSR count). The SMILES string of the molecule is O=C1CSc2ccc(C(=O)NCc3ccc(N4CCC(CO)CC4)cc3)cc2N1. The number of fused-ring (bicyclic) bond motifs is 1. The smallest absolute Gasteiger partial charge is 0.251 e. The van der Waals surface area contributed by atoms with Crippen molar-refractivity contribution >= 4 is 35.0 Å². The molecule has 2 aliphatic rings. The van der Waals surface area contributed by atoms with Crippen LogP contribution in [-0.4, -0.2) is 42.4 Å². The Morgan fingerprint density at radius 3 is 2.66 bits per heavy atom. The molecule has 0 aliphatic carbocycles. The van der Waals surface area contributed by atoms with E-state index in [1.54, 1.807) is 12.1 Å². The molecule has 1 saturated heterocycles. The van der Waals surface area contributed by atoms with Crippen molar-refractivity contribution in [3.05, 3.63) is 53.6 Å². The summed E-state index contributed by atoms with van der Waals surface area (Å²) in [6.07, 6.45) is 2.04. The van der Waals surface area contributed by atoms with E-state index >= 15 is 0 Å². The second-order valence-electron chi connectivity index (χ2n) is 7.51. The van der Waals surface area contributed by atoms with Crippen molar-refractivity contribution in [2.75, 3.05) is 35.7 Å². The molecule has 2 amide bonds. The van der Waals surface area contributed by atoms with Crippen LogP contribution in [0.2, 0.25) is 0 Å². The molecule has 152 valence electrons. The van der Waals surface area contributed by atoms with Crippen LogP contribution in [-0.2, 0) is 11.3 Å². The largest absolute Gasteiger partial charge is 0.396 e. The maximum atomic E-state index is 12.5. The summed E-state index contributed by atoms with van der Waals surface area (Å²) in [5.74, 6) is 0.637. The van der Waals surface area contributed by atoms with E-state index in [1.165, 1.54) is 17.4 Å². The fourth-order valence-corrected chi connectivity index (χ4v) is 4.50. The fourth-order valence-electron chi connectivity index (χ4n) is 3.71. The third-order valence-corrected chi connectivity index (χ3v) is 6.58. The predicted octanol–water partition coefficient (Wildman–Crippen LogP) is 2.87. The number of amides is 2. The van der Waals surface area contributed by atoms with Gasteiger partial charge in [0.1, 0.15) is 0 Å². The lowest BCUT2D eigenvalue weighted by Crippen LogP contribution is -2.34. The lowest BCUT2D eigenvalue weighted by atomic mass is 9.97. The monoisotopic (exact) mass is 411 g/mol. The number of carbonyl (C=O) groups is 2. The molecular formula is C22H25N3O3S. The molecule has 0 unspecified atom stereocenters. The van der Waals surface area contributed by atoms with E-state index in [-0.39, 0.29) is 18.4 Å². The highest BCUT2D eigenvalue weighted by atomic mass is 32.2. The zero-order valence-electron chi connectivity index (χ0n) is 16.2. The minimum absolute atomic E-state index is 0.0410. The number of aliphatic hydroxyl groups is 1. The molecule has 2 aromatic carbocycles.